The number of carbonyl (C=O) groups excluding carboxylic acids is 1. The molecule has 7 heteroatoms. The van der Waals surface area contributed by atoms with E-state index in [-0.39, 0.29) is 18.1 Å². The van der Waals surface area contributed by atoms with Crippen LogP contribution in [0.1, 0.15) is 16.2 Å². The second-order valence-electron chi connectivity index (χ2n) is 6.11. The maximum absolute atomic E-state index is 14.3. The van der Waals surface area contributed by atoms with Crippen molar-refractivity contribution in [2.75, 3.05) is 12.4 Å². The fourth-order valence-corrected chi connectivity index (χ4v) is 3.84. The predicted molar refractivity (Wildman–Crippen MR) is 107 cm³/mol. The van der Waals surface area contributed by atoms with E-state index in [1.54, 1.807) is 42.5 Å². The first-order valence-corrected chi connectivity index (χ1v) is 9.25. The van der Waals surface area contributed by atoms with Crippen LogP contribution in [0.15, 0.2) is 53.5 Å². The summed E-state index contributed by atoms with van der Waals surface area (Å²) in [7, 11) is 1.50. The Hall–Kier alpha value is -3.50. The monoisotopic (exact) mass is 391 g/mol. The topological polar surface area (TPSA) is 74.5 Å². The van der Waals surface area contributed by atoms with Crippen molar-refractivity contribution in [3.05, 3.63) is 64.1 Å². The average Bonchev–Trinajstić information content (AvgIpc) is 3.11. The summed E-state index contributed by atoms with van der Waals surface area (Å²) in [6.07, 6.45) is 0.0808. The molecule has 1 N–H and O–H groups in total. The zero-order chi connectivity index (χ0) is 19.7. The zero-order valence-corrected chi connectivity index (χ0v) is 15.6. The predicted octanol–water partition coefficient (Wildman–Crippen LogP) is 4.90. The van der Waals surface area contributed by atoms with Gasteiger partial charge in [-0.05, 0) is 24.3 Å². The molecule has 0 saturated carbocycles. The van der Waals surface area contributed by atoms with E-state index in [0.717, 1.165) is 4.88 Å². The highest BCUT2D eigenvalue weighted by Gasteiger charge is 2.21. The van der Waals surface area contributed by atoms with Crippen LogP contribution in [-0.2, 0) is 4.79 Å². The molecule has 0 saturated heterocycles. The number of benzene rings is 2. The first-order chi connectivity index (χ1) is 13.6. The van der Waals surface area contributed by atoms with Gasteiger partial charge in [-0.15, -0.1) is 11.3 Å². The number of hydrogen-bond acceptors (Lipinski definition) is 5. The van der Waals surface area contributed by atoms with E-state index in [1.165, 1.54) is 24.5 Å². The van der Waals surface area contributed by atoms with E-state index in [2.05, 4.69) is 16.4 Å². The van der Waals surface area contributed by atoms with Crippen LogP contribution < -0.4 is 10.1 Å². The molecule has 0 radical (unpaired) electrons. The molecule has 0 unspecified atom stereocenters. The van der Waals surface area contributed by atoms with Gasteiger partial charge in [-0.1, -0.05) is 18.2 Å². The van der Waals surface area contributed by atoms with Crippen LogP contribution in [0.2, 0.25) is 0 Å². The first-order valence-electron chi connectivity index (χ1n) is 8.43. The van der Waals surface area contributed by atoms with E-state index in [1.807, 2.05) is 0 Å². The molecule has 2 heterocycles. The fourth-order valence-electron chi connectivity index (χ4n) is 3.05. The number of methoxy groups -OCH3 is 1. The maximum atomic E-state index is 14.3. The quantitative estimate of drug-likeness (QED) is 0.690. The Labute approximate surface area is 164 Å². The summed E-state index contributed by atoms with van der Waals surface area (Å²) in [4.78, 5) is 18.4. The van der Waals surface area contributed by atoms with E-state index in [9.17, 15) is 9.18 Å². The Morgan fingerprint density at radius 2 is 2.04 bits per heavy atom. The Bertz CT molecular complexity index is 1160. The second kappa shape index (κ2) is 7.25. The Kier molecular flexibility index (Phi) is 4.63. The number of halogens is 1. The molecule has 0 fully saturated rings. The first kappa shape index (κ1) is 17.9. The van der Waals surface area contributed by atoms with Crippen LogP contribution >= 0.6 is 11.3 Å². The maximum Gasteiger partial charge on any atom is 0.230 e. The van der Waals surface area contributed by atoms with Gasteiger partial charge in [0.2, 0.25) is 5.91 Å². The molecule has 28 heavy (non-hydrogen) atoms. The smallest absolute Gasteiger partial charge is 0.230 e. The minimum absolute atomic E-state index is 0.0808. The normalized spacial score (nSPS) is 13.0. The van der Waals surface area contributed by atoms with Crippen molar-refractivity contribution in [3.63, 3.8) is 0 Å². The van der Waals surface area contributed by atoms with E-state index in [0.29, 0.717) is 38.8 Å². The van der Waals surface area contributed by atoms with E-state index < -0.39 is 0 Å². The number of nitrogens with one attached hydrogen (secondary N) is 1. The van der Waals surface area contributed by atoms with Crippen molar-refractivity contribution < 1.29 is 13.9 Å². The van der Waals surface area contributed by atoms with Gasteiger partial charge < -0.3 is 10.1 Å². The molecule has 0 bridgehead atoms. The summed E-state index contributed by atoms with van der Waals surface area (Å²) in [5.74, 6) is -0.159. The van der Waals surface area contributed by atoms with Crippen LogP contribution in [0.4, 0.5) is 15.8 Å². The summed E-state index contributed by atoms with van der Waals surface area (Å²) >= 11 is 1.28. The van der Waals surface area contributed by atoms with Crippen LogP contribution in [0, 0.1) is 17.1 Å². The molecule has 0 aliphatic carbocycles. The van der Waals surface area contributed by atoms with Gasteiger partial charge in [-0.3, -0.25) is 4.79 Å². The largest absolute Gasteiger partial charge is 0.496 e. The standard InChI is InChI=1S/C21H14FN3O2S/c1-27-19-9-17-16(8-14(19)13-4-2-3-5-15(13)22)25-21(26)10-18(24-17)20-7-6-12(11-23)28-20/h2-9H,10H2,1H3,(H,25,26). The molecule has 1 aromatic heterocycles. The lowest BCUT2D eigenvalue weighted by molar-refractivity contribution is -0.115. The Morgan fingerprint density at radius 1 is 1.21 bits per heavy atom. The molecule has 1 aliphatic heterocycles. The summed E-state index contributed by atoms with van der Waals surface area (Å²) in [6.45, 7) is 0. The summed E-state index contributed by atoms with van der Waals surface area (Å²) in [5.41, 5.74) is 2.48. The molecule has 138 valence electrons. The number of rotatable bonds is 3. The highest BCUT2D eigenvalue weighted by atomic mass is 32.1. The third-order valence-corrected chi connectivity index (χ3v) is 5.38. The number of nitrogens with zero attached hydrogens (tertiary/aromatic N) is 2. The van der Waals surface area contributed by atoms with E-state index >= 15 is 0 Å². The fraction of sp³-hybridized carbons (Fsp3) is 0.0952. The van der Waals surface area contributed by atoms with Crippen LogP contribution in [-0.4, -0.2) is 18.7 Å². The zero-order valence-electron chi connectivity index (χ0n) is 14.8. The van der Waals surface area contributed by atoms with Crippen LogP contribution in [0.5, 0.6) is 5.75 Å². The number of anilines is 1. The van der Waals surface area contributed by atoms with Crippen molar-refractivity contribution in [2.24, 2.45) is 4.99 Å². The highest BCUT2D eigenvalue weighted by Crippen LogP contribution is 2.41. The van der Waals surface area contributed by atoms with Gasteiger partial charge in [0, 0.05) is 17.2 Å². The number of hydrogen-bond donors (Lipinski definition) is 1. The molecule has 1 amide bonds. The van der Waals surface area contributed by atoms with Crippen LogP contribution in [0.3, 0.4) is 0 Å². The number of carbonyl (C=O) groups is 1. The van der Waals surface area contributed by atoms with Crippen LogP contribution in [0.25, 0.3) is 11.1 Å². The molecule has 1 aliphatic rings. The molecule has 4 rings (SSSR count). The number of aliphatic imine (C=N–C) groups is 1. The van der Waals surface area contributed by atoms with Gasteiger partial charge in [0.05, 0.1) is 35.5 Å². The number of nitriles is 1. The summed E-state index contributed by atoms with van der Waals surface area (Å²) in [6, 6.07) is 15.3. The van der Waals surface area contributed by atoms with Gasteiger partial charge in [0.25, 0.3) is 0 Å². The van der Waals surface area contributed by atoms with Crippen molar-refractivity contribution >= 4 is 34.3 Å². The molecule has 2 aromatic carbocycles. The van der Waals surface area contributed by atoms with Gasteiger partial charge in [-0.25, -0.2) is 9.38 Å². The molecular formula is C21H14FN3O2S. The summed E-state index contributed by atoms with van der Waals surface area (Å²) in [5, 5.41) is 11.9. The summed E-state index contributed by atoms with van der Waals surface area (Å²) < 4.78 is 19.8. The lowest BCUT2D eigenvalue weighted by atomic mass is 10.0. The van der Waals surface area contributed by atoms with E-state index in [4.69, 9.17) is 10.00 Å². The number of amides is 1. The lowest BCUT2D eigenvalue weighted by Gasteiger charge is -2.13. The SMILES string of the molecule is COc1cc2c(cc1-c1ccccc1F)NC(=O)CC(c1ccc(C#N)s1)=N2. The molecule has 0 spiro atoms. The lowest BCUT2D eigenvalue weighted by Crippen LogP contribution is -2.14. The Balaban J connectivity index is 1.87. The third-order valence-electron chi connectivity index (χ3n) is 4.34. The van der Waals surface area contributed by atoms with Gasteiger partial charge in [0.15, 0.2) is 0 Å². The number of fused-ring (bicyclic) bond motifs is 1. The minimum atomic E-state index is -0.382. The highest BCUT2D eigenvalue weighted by molar-refractivity contribution is 7.14. The average molecular weight is 391 g/mol. The van der Waals surface area contributed by atoms with Gasteiger partial charge in [0.1, 0.15) is 22.5 Å². The second-order valence-corrected chi connectivity index (χ2v) is 7.19. The van der Waals surface area contributed by atoms with Crippen molar-refractivity contribution in [2.45, 2.75) is 6.42 Å². The van der Waals surface area contributed by atoms with Crippen molar-refractivity contribution in [1.82, 2.24) is 0 Å². The van der Waals surface area contributed by atoms with Gasteiger partial charge in [-0.2, -0.15) is 5.26 Å². The third kappa shape index (κ3) is 3.26. The van der Waals surface area contributed by atoms with Crippen molar-refractivity contribution in [3.8, 4) is 22.9 Å². The van der Waals surface area contributed by atoms with Gasteiger partial charge >= 0.3 is 0 Å². The minimum Gasteiger partial charge on any atom is -0.496 e. The molecule has 0 atom stereocenters. The molecule has 5 nitrogen and oxygen atoms in total. The number of ether oxygens (including phenoxy) is 1. The molecular weight excluding hydrogens is 377 g/mol. The van der Waals surface area contributed by atoms with Crippen molar-refractivity contribution in [1.29, 1.82) is 5.26 Å². The Morgan fingerprint density at radius 3 is 2.75 bits per heavy atom. The molecule has 3 aromatic rings. The number of thiophene rings is 1.